The van der Waals surface area contributed by atoms with Crippen molar-refractivity contribution in [2.24, 2.45) is 0 Å². The summed E-state index contributed by atoms with van der Waals surface area (Å²) in [6, 6.07) is 9.21. The second-order valence-corrected chi connectivity index (χ2v) is 10.4. The minimum absolute atomic E-state index is 0.0252. The van der Waals surface area contributed by atoms with E-state index in [-0.39, 0.29) is 29.6 Å². The lowest BCUT2D eigenvalue weighted by Gasteiger charge is -2.33. The van der Waals surface area contributed by atoms with Crippen LogP contribution in [0.15, 0.2) is 42.5 Å². The van der Waals surface area contributed by atoms with Gasteiger partial charge in [0.15, 0.2) is 0 Å². The van der Waals surface area contributed by atoms with Crippen LogP contribution in [0, 0.1) is 5.82 Å². The van der Waals surface area contributed by atoms with Crippen LogP contribution in [0.5, 0.6) is 0 Å². The summed E-state index contributed by atoms with van der Waals surface area (Å²) >= 11 is 12.1. The lowest BCUT2D eigenvalue weighted by molar-refractivity contribution is -0.140. The van der Waals surface area contributed by atoms with E-state index in [0.29, 0.717) is 27.9 Å². The van der Waals surface area contributed by atoms with Crippen molar-refractivity contribution in [2.75, 3.05) is 23.7 Å². The smallest absolute Gasteiger partial charge is 0.244 e. The van der Waals surface area contributed by atoms with Crippen LogP contribution in [0.3, 0.4) is 0 Å². The van der Waals surface area contributed by atoms with Crippen molar-refractivity contribution in [3.63, 3.8) is 0 Å². The molecule has 0 unspecified atom stereocenters. The maximum atomic E-state index is 14.4. The lowest BCUT2D eigenvalue weighted by Crippen LogP contribution is -2.52. The van der Waals surface area contributed by atoms with E-state index in [0.717, 1.165) is 12.3 Å². The zero-order chi connectivity index (χ0) is 25.5. The van der Waals surface area contributed by atoms with E-state index >= 15 is 0 Å². The fourth-order valence-corrected chi connectivity index (χ4v) is 4.54. The van der Waals surface area contributed by atoms with Crippen LogP contribution in [0.25, 0.3) is 0 Å². The Bertz CT molecular complexity index is 1130. The molecular weight excluding hydrogens is 504 g/mol. The minimum atomic E-state index is -4.01. The van der Waals surface area contributed by atoms with Crippen LogP contribution in [0.1, 0.15) is 32.3 Å². The molecule has 34 heavy (non-hydrogen) atoms. The molecule has 2 rings (SSSR count). The Kier molecular flexibility index (Phi) is 10.1. The van der Waals surface area contributed by atoms with Crippen LogP contribution in [-0.2, 0) is 26.2 Å². The summed E-state index contributed by atoms with van der Waals surface area (Å²) in [7, 11) is -4.01. The fraction of sp³-hybridized carbons (Fsp3) is 0.391. The highest BCUT2D eigenvalue weighted by Gasteiger charge is 2.32. The van der Waals surface area contributed by atoms with Gasteiger partial charge in [0.05, 0.1) is 22.0 Å². The van der Waals surface area contributed by atoms with E-state index in [1.165, 1.54) is 23.1 Å². The Morgan fingerprint density at radius 2 is 1.76 bits per heavy atom. The molecule has 2 aromatic rings. The number of nitrogens with one attached hydrogen (secondary N) is 1. The van der Waals surface area contributed by atoms with Gasteiger partial charge in [0, 0.05) is 13.1 Å². The summed E-state index contributed by atoms with van der Waals surface area (Å²) in [5.41, 5.74) is 0.345. The average molecular weight is 532 g/mol. The molecule has 0 fully saturated rings. The molecule has 7 nitrogen and oxygen atoms in total. The number of carbonyl (C=O) groups excluding carboxylic acids is 2. The number of hydrogen-bond acceptors (Lipinski definition) is 4. The van der Waals surface area contributed by atoms with Gasteiger partial charge in [-0.15, -0.1) is 0 Å². The number of rotatable bonds is 11. The molecule has 186 valence electrons. The predicted octanol–water partition coefficient (Wildman–Crippen LogP) is 4.23. The van der Waals surface area contributed by atoms with Gasteiger partial charge in [0.2, 0.25) is 21.8 Å². The van der Waals surface area contributed by atoms with Gasteiger partial charge < -0.3 is 10.2 Å². The standard InChI is InChI=1S/C23H28Cl2FN3O4S/c1-4-12-27-23(31)20(5-2)28(14-16-10-11-17(24)18(25)13-16)22(30)15-29(34(3,32)33)21-9-7-6-8-19(21)26/h6-11,13,20H,4-5,12,14-15H2,1-3H3,(H,27,31)/t20-/m0/s1. The molecule has 0 aromatic heterocycles. The molecule has 0 radical (unpaired) electrons. The molecule has 2 amide bonds. The summed E-state index contributed by atoms with van der Waals surface area (Å²) in [6.07, 6.45) is 1.88. The normalized spacial score (nSPS) is 12.2. The minimum Gasteiger partial charge on any atom is -0.354 e. The monoisotopic (exact) mass is 531 g/mol. The molecule has 0 saturated heterocycles. The molecular formula is C23H28Cl2FN3O4S. The van der Waals surface area contributed by atoms with Crippen LogP contribution < -0.4 is 9.62 Å². The molecule has 0 aliphatic rings. The Morgan fingerprint density at radius 1 is 1.09 bits per heavy atom. The molecule has 0 bridgehead atoms. The van der Waals surface area contributed by atoms with Crippen LogP contribution >= 0.6 is 23.2 Å². The Hall–Kier alpha value is -2.36. The molecule has 0 aliphatic heterocycles. The van der Waals surface area contributed by atoms with Gasteiger partial charge in [0.1, 0.15) is 18.4 Å². The van der Waals surface area contributed by atoms with Gasteiger partial charge >= 0.3 is 0 Å². The highest BCUT2D eigenvalue weighted by atomic mass is 35.5. The molecule has 0 aliphatic carbocycles. The van der Waals surface area contributed by atoms with Crippen molar-refractivity contribution in [1.82, 2.24) is 10.2 Å². The number of sulfonamides is 1. The summed E-state index contributed by atoms with van der Waals surface area (Å²) in [5, 5.41) is 3.39. The summed E-state index contributed by atoms with van der Waals surface area (Å²) in [5.74, 6) is -1.82. The van der Waals surface area contributed by atoms with Crippen molar-refractivity contribution in [1.29, 1.82) is 0 Å². The summed E-state index contributed by atoms with van der Waals surface area (Å²) < 4.78 is 40.1. The van der Waals surface area contributed by atoms with Gasteiger partial charge in [-0.05, 0) is 42.7 Å². The van der Waals surface area contributed by atoms with Crippen molar-refractivity contribution < 1.29 is 22.4 Å². The maximum absolute atomic E-state index is 14.4. The van der Waals surface area contributed by atoms with Crippen molar-refractivity contribution in [2.45, 2.75) is 39.3 Å². The van der Waals surface area contributed by atoms with Crippen molar-refractivity contribution >= 4 is 50.7 Å². The van der Waals surface area contributed by atoms with Crippen LogP contribution in [0.2, 0.25) is 10.0 Å². The van der Waals surface area contributed by atoms with E-state index in [1.54, 1.807) is 25.1 Å². The molecule has 1 N–H and O–H groups in total. The van der Waals surface area contributed by atoms with Gasteiger partial charge in [-0.2, -0.15) is 0 Å². The highest BCUT2D eigenvalue weighted by Crippen LogP contribution is 2.25. The first-order valence-corrected chi connectivity index (χ1v) is 13.3. The number of anilines is 1. The van der Waals surface area contributed by atoms with Crippen molar-refractivity contribution in [3.8, 4) is 0 Å². The number of carbonyl (C=O) groups is 2. The maximum Gasteiger partial charge on any atom is 0.244 e. The molecule has 2 aromatic carbocycles. The summed E-state index contributed by atoms with van der Waals surface area (Å²) in [4.78, 5) is 27.6. The Morgan fingerprint density at radius 3 is 2.32 bits per heavy atom. The quantitative estimate of drug-likeness (QED) is 0.469. The van der Waals surface area contributed by atoms with E-state index in [4.69, 9.17) is 23.2 Å². The van der Waals surface area contributed by atoms with E-state index in [9.17, 15) is 22.4 Å². The molecule has 0 spiro atoms. The largest absolute Gasteiger partial charge is 0.354 e. The lowest BCUT2D eigenvalue weighted by atomic mass is 10.1. The predicted molar refractivity (Wildman–Crippen MR) is 133 cm³/mol. The highest BCUT2D eigenvalue weighted by molar-refractivity contribution is 7.92. The van der Waals surface area contributed by atoms with Gasteiger partial charge in [-0.25, -0.2) is 12.8 Å². The summed E-state index contributed by atoms with van der Waals surface area (Å²) in [6.45, 7) is 3.37. The number of amides is 2. The van der Waals surface area contributed by atoms with Crippen LogP contribution in [-0.4, -0.2) is 50.5 Å². The van der Waals surface area contributed by atoms with Gasteiger partial charge in [-0.1, -0.05) is 55.2 Å². The molecule has 0 heterocycles. The Balaban J connectivity index is 2.46. The van der Waals surface area contributed by atoms with Gasteiger partial charge in [-0.3, -0.25) is 13.9 Å². The van der Waals surface area contributed by atoms with E-state index in [1.807, 2.05) is 6.92 Å². The number of para-hydroxylation sites is 1. The molecule has 1 atom stereocenters. The van der Waals surface area contributed by atoms with E-state index < -0.39 is 34.3 Å². The number of benzene rings is 2. The number of nitrogens with zero attached hydrogens (tertiary/aromatic N) is 2. The molecule has 11 heteroatoms. The van der Waals surface area contributed by atoms with E-state index in [2.05, 4.69) is 5.32 Å². The first-order chi connectivity index (χ1) is 16.0. The second-order valence-electron chi connectivity index (χ2n) is 7.71. The zero-order valence-corrected chi connectivity index (χ0v) is 21.6. The number of halogens is 3. The SMILES string of the molecule is CCCNC(=O)[C@H](CC)N(Cc1ccc(Cl)c(Cl)c1)C(=O)CN(c1ccccc1F)S(C)(=O)=O. The third-order valence-corrected chi connectivity index (χ3v) is 6.94. The zero-order valence-electron chi connectivity index (χ0n) is 19.2. The fourth-order valence-electron chi connectivity index (χ4n) is 3.37. The topological polar surface area (TPSA) is 86.8 Å². The molecule has 0 saturated carbocycles. The van der Waals surface area contributed by atoms with Crippen molar-refractivity contribution in [3.05, 3.63) is 63.9 Å². The Labute approximate surface area is 209 Å². The second kappa shape index (κ2) is 12.4. The third kappa shape index (κ3) is 7.32. The average Bonchev–Trinajstić information content (AvgIpc) is 2.78. The first kappa shape index (κ1) is 27.9. The number of hydrogen-bond donors (Lipinski definition) is 1. The first-order valence-electron chi connectivity index (χ1n) is 10.7. The van der Waals surface area contributed by atoms with Gasteiger partial charge in [0.25, 0.3) is 0 Å². The van der Waals surface area contributed by atoms with Crippen LogP contribution in [0.4, 0.5) is 10.1 Å². The third-order valence-electron chi connectivity index (χ3n) is 5.07.